The lowest BCUT2D eigenvalue weighted by Crippen LogP contribution is -2.28. The molecule has 0 aromatic carbocycles. The molecule has 0 unspecified atom stereocenters. The smallest absolute Gasteiger partial charge is 0.308 e. The fraction of sp³-hybridized carbons (Fsp3) is 0.0667. The van der Waals surface area contributed by atoms with Crippen LogP contribution in [0.15, 0.2) is 52.8 Å². The van der Waals surface area contributed by atoms with E-state index >= 15 is 0 Å². The molecule has 4 aromatic rings. The molecule has 120 valence electrons. The normalized spacial score (nSPS) is 11.0. The van der Waals surface area contributed by atoms with Crippen molar-refractivity contribution in [2.45, 2.75) is 6.54 Å². The van der Waals surface area contributed by atoms with E-state index in [2.05, 4.69) is 20.6 Å². The van der Waals surface area contributed by atoms with E-state index < -0.39 is 0 Å². The van der Waals surface area contributed by atoms with Crippen molar-refractivity contribution in [3.05, 3.63) is 58.5 Å². The summed E-state index contributed by atoms with van der Waals surface area (Å²) in [5, 5.41) is 15.7. The molecule has 0 saturated carbocycles. The number of aromatic amines is 1. The minimum atomic E-state index is -0.371. The number of hydrogen-bond acceptors (Lipinski definition) is 5. The molecule has 0 aliphatic heterocycles. The predicted molar refractivity (Wildman–Crippen MR) is 90.0 cm³/mol. The second-order valence-corrected chi connectivity index (χ2v) is 6.01. The zero-order valence-corrected chi connectivity index (χ0v) is 13.2. The maximum atomic E-state index is 12.1. The Morgan fingerprint density at radius 1 is 1.29 bits per heavy atom. The average molecular weight is 340 g/mol. The van der Waals surface area contributed by atoms with E-state index in [1.807, 2.05) is 17.5 Å². The molecule has 4 rings (SSSR count). The largest absolute Gasteiger partial charge is 0.350 e. The highest BCUT2D eigenvalue weighted by Crippen LogP contribution is 2.24. The van der Waals surface area contributed by atoms with E-state index in [0.29, 0.717) is 11.5 Å². The molecule has 8 nitrogen and oxygen atoms in total. The SMILES string of the molecule is O=C(Cn1nc2ccccn2c1=O)Nc1cc(-c2cccs2)[nH]n1. The zero-order valence-electron chi connectivity index (χ0n) is 12.3. The maximum absolute atomic E-state index is 12.1. The number of rotatable bonds is 4. The van der Waals surface area contributed by atoms with Crippen LogP contribution in [0.1, 0.15) is 0 Å². The first-order valence-electron chi connectivity index (χ1n) is 7.14. The number of amides is 1. The van der Waals surface area contributed by atoms with Crippen LogP contribution in [0.2, 0.25) is 0 Å². The van der Waals surface area contributed by atoms with E-state index in [1.54, 1.807) is 41.8 Å². The summed E-state index contributed by atoms with van der Waals surface area (Å²) in [6, 6.07) is 10.9. The quantitative estimate of drug-likeness (QED) is 0.589. The maximum Gasteiger partial charge on any atom is 0.350 e. The molecule has 4 heterocycles. The van der Waals surface area contributed by atoms with Crippen LogP contribution in [0.4, 0.5) is 5.82 Å². The van der Waals surface area contributed by atoms with E-state index in [-0.39, 0.29) is 18.1 Å². The van der Waals surface area contributed by atoms with Crippen LogP contribution in [0.3, 0.4) is 0 Å². The molecule has 4 aromatic heterocycles. The standard InChI is InChI=1S/C15H12N6O2S/c22-14(9-21-15(23)20-6-2-1-5-13(20)19-21)16-12-8-10(17-18-12)11-4-3-7-24-11/h1-8H,9H2,(H2,16,17,18,22). The van der Waals surface area contributed by atoms with Crippen molar-refractivity contribution in [2.24, 2.45) is 0 Å². The summed E-state index contributed by atoms with van der Waals surface area (Å²) in [6.45, 7) is -0.179. The number of carbonyl (C=O) groups is 1. The van der Waals surface area contributed by atoms with Gasteiger partial charge >= 0.3 is 5.69 Å². The van der Waals surface area contributed by atoms with Gasteiger partial charge in [-0.1, -0.05) is 12.1 Å². The molecular weight excluding hydrogens is 328 g/mol. The number of anilines is 1. The summed E-state index contributed by atoms with van der Waals surface area (Å²) in [5.41, 5.74) is 0.960. The van der Waals surface area contributed by atoms with Crippen LogP contribution >= 0.6 is 11.3 Å². The first kappa shape index (κ1) is 14.4. The third-order valence-electron chi connectivity index (χ3n) is 3.41. The van der Waals surface area contributed by atoms with Gasteiger partial charge in [-0.3, -0.25) is 14.3 Å². The zero-order chi connectivity index (χ0) is 16.5. The third-order valence-corrected chi connectivity index (χ3v) is 4.32. The number of nitrogens with zero attached hydrogens (tertiary/aromatic N) is 4. The monoisotopic (exact) mass is 340 g/mol. The summed E-state index contributed by atoms with van der Waals surface area (Å²) < 4.78 is 2.51. The molecule has 0 fully saturated rings. The molecule has 0 spiro atoms. The molecule has 1 amide bonds. The minimum Gasteiger partial charge on any atom is -0.308 e. The van der Waals surface area contributed by atoms with Crippen LogP contribution in [0, 0.1) is 0 Å². The number of thiophene rings is 1. The Balaban J connectivity index is 1.50. The second kappa shape index (κ2) is 5.78. The van der Waals surface area contributed by atoms with Crippen molar-refractivity contribution in [1.29, 1.82) is 0 Å². The molecule has 0 atom stereocenters. The Bertz CT molecular complexity index is 1060. The fourth-order valence-corrected chi connectivity index (χ4v) is 3.03. The van der Waals surface area contributed by atoms with Gasteiger partial charge in [0.25, 0.3) is 0 Å². The summed E-state index contributed by atoms with van der Waals surface area (Å²) in [7, 11) is 0. The number of hydrogen-bond donors (Lipinski definition) is 2. The van der Waals surface area contributed by atoms with Crippen LogP contribution < -0.4 is 11.0 Å². The second-order valence-electron chi connectivity index (χ2n) is 5.06. The highest BCUT2D eigenvalue weighted by atomic mass is 32.1. The number of pyridine rings is 1. The first-order valence-corrected chi connectivity index (χ1v) is 8.02. The Morgan fingerprint density at radius 2 is 2.21 bits per heavy atom. The van der Waals surface area contributed by atoms with Gasteiger partial charge in [-0.25, -0.2) is 9.48 Å². The number of fused-ring (bicyclic) bond motifs is 1. The van der Waals surface area contributed by atoms with E-state index in [0.717, 1.165) is 15.3 Å². The molecule has 0 aliphatic carbocycles. The summed E-state index contributed by atoms with van der Waals surface area (Å²) in [5.74, 6) is 0.0324. The van der Waals surface area contributed by atoms with Crippen LogP contribution in [-0.2, 0) is 11.3 Å². The van der Waals surface area contributed by atoms with Gasteiger partial charge in [-0.15, -0.1) is 16.4 Å². The summed E-state index contributed by atoms with van der Waals surface area (Å²) >= 11 is 1.57. The third kappa shape index (κ3) is 2.61. The van der Waals surface area contributed by atoms with Gasteiger partial charge in [0.15, 0.2) is 11.5 Å². The molecule has 0 radical (unpaired) electrons. The number of H-pyrrole nitrogens is 1. The number of aromatic nitrogens is 5. The van der Waals surface area contributed by atoms with Crippen molar-refractivity contribution in [1.82, 2.24) is 24.4 Å². The lowest BCUT2D eigenvalue weighted by Gasteiger charge is -2.00. The number of carbonyl (C=O) groups excluding carboxylic acids is 1. The van der Waals surface area contributed by atoms with Crippen molar-refractivity contribution < 1.29 is 4.79 Å². The lowest BCUT2D eigenvalue weighted by atomic mass is 10.3. The topological polar surface area (TPSA) is 97.1 Å². The molecular formula is C15H12N6O2S. The molecule has 24 heavy (non-hydrogen) atoms. The van der Waals surface area contributed by atoms with Gasteiger partial charge in [0.2, 0.25) is 5.91 Å². The fourth-order valence-electron chi connectivity index (χ4n) is 2.33. The van der Waals surface area contributed by atoms with Crippen molar-refractivity contribution in [3.8, 4) is 10.6 Å². The Hall–Kier alpha value is -3.20. The summed E-state index contributed by atoms with van der Waals surface area (Å²) in [6.07, 6.45) is 1.61. The van der Waals surface area contributed by atoms with E-state index in [1.165, 1.54) is 4.40 Å². The van der Waals surface area contributed by atoms with Gasteiger partial charge in [0.1, 0.15) is 6.54 Å². The molecule has 0 aliphatic rings. The average Bonchev–Trinajstić information content (AvgIpc) is 3.29. The van der Waals surface area contributed by atoms with Crippen LogP contribution in [0.5, 0.6) is 0 Å². The van der Waals surface area contributed by atoms with Crippen LogP contribution in [0.25, 0.3) is 16.2 Å². The van der Waals surface area contributed by atoms with Gasteiger partial charge in [0.05, 0.1) is 10.6 Å². The van der Waals surface area contributed by atoms with E-state index in [4.69, 9.17) is 0 Å². The minimum absolute atomic E-state index is 0.179. The molecule has 2 N–H and O–H groups in total. The number of nitrogens with one attached hydrogen (secondary N) is 2. The van der Waals surface area contributed by atoms with E-state index in [9.17, 15) is 9.59 Å². The molecule has 9 heteroatoms. The van der Waals surface area contributed by atoms with Crippen molar-refractivity contribution in [3.63, 3.8) is 0 Å². The Morgan fingerprint density at radius 3 is 3.00 bits per heavy atom. The summed E-state index contributed by atoms with van der Waals surface area (Å²) in [4.78, 5) is 25.3. The van der Waals surface area contributed by atoms with Gasteiger partial charge in [0, 0.05) is 12.3 Å². The van der Waals surface area contributed by atoms with Crippen molar-refractivity contribution >= 4 is 28.7 Å². The van der Waals surface area contributed by atoms with Gasteiger partial charge in [-0.2, -0.15) is 5.10 Å². The lowest BCUT2D eigenvalue weighted by molar-refractivity contribution is -0.117. The van der Waals surface area contributed by atoms with Gasteiger partial charge < -0.3 is 5.32 Å². The first-order chi connectivity index (χ1) is 11.7. The van der Waals surface area contributed by atoms with Crippen LogP contribution in [-0.4, -0.2) is 30.3 Å². The highest BCUT2D eigenvalue weighted by Gasteiger charge is 2.12. The van der Waals surface area contributed by atoms with Gasteiger partial charge in [-0.05, 0) is 23.6 Å². The Labute approximate surface area is 139 Å². The Kier molecular flexibility index (Phi) is 3.47. The van der Waals surface area contributed by atoms with Crippen molar-refractivity contribution in [2.75, 3.05) is 5.32 Å². The molecule has 0 bridgehead atoms. The highest BCUT2D eigenvalue weighted by molar-refractivity contribution is 7.13. The molecule has 0 saturated heterocycles. The predicted octanol–water partition coefficient (Wildman–Crippen LogP) is 1.59.